The Balaban J connectivity index is 2.71. The third kappa shape index (κ3) is 5.21. The molecule has 5 heteroatoms. The SMILES string of the molecule is FC(F)(F)Oc1cccc(C=CCCBr)c1. The second kappa shape index (κ2) is 5.94. The van der Waals surface area contributed by atoms with Crippen LogP contribution in [0.25, 0.3) is 6.08 Å². The van der Waals surface area contributed by atoms with Crippen molar-refractivity contribution < 1.29 is 17.9 Å². The molecule has 1 rings (SSSR count). The molecule has 0 saturated heterocycles. The number of ether oxygens (including phenoxy) is 1. The van der Waals surface area contributed by atoms with E-state index in [0.29, 0.717) is 5.56 Å². The molecule has 0 saturated carbocycles. The standard InChI is InChI=1S/C11H10BrF3O/c12-7-2-1-4-9-5-3-6-10(8-9)16-11(13,14)15/h1,3-6,8H,2,7H2. The molecule has 0 fully saturated rings. The lowest BCUT2D eigenvalue weighted by Gasteiger charge is -2.08. The molecule has 0 aliphatic heterocycles. The number of halogens is 4. The maximum Gasteiger partial charge on any atom is 0.573 e. The molecule has 0 heterocycles. The van der Waals surface area contributed by atoms with Gasteiger partial charge in [-0.1, -0.05) is 40.2 Å². The van der Waals surface area contributed by atoms with Gasteiger partial charge in [0.15, 0.2) is 0 Å². The van der Waals surface area contributed by atoms with Crippen molar-refractivity contribution in [2.45, 2.75) is 12.8 Å². The number of rotatable bonds is 4. The van der Waals surface area contributed by atoms with Crippen molar-refractivity contribution in [3.8, 4) is 5.75 Å². The molecule has 16 heavy (non-hydrogen) atoms. The van der Waals surface area contributed by atoms with Crippen LogP contribution < -0.4 is 4.74 Å². The molecular weight excluding hydrogens is 285 g/mol. The van der Waals surface area contributed by atoms with Crippen molar-refractivity contribution in [3.05, 3.63) is 35.9 Å². The molecule has 0 aliphatic rings. The molecule has 1 aromatic rings. The van der Waals surface area contributed by atoms with E-state index in [9.17, 15) is 13.2 Å². The zero-order chi connectivity index (χ0) is 12.0. The van der Waals surface area contributed by atoms with E-state index in [1.807, 2.05) is 6.08 Å². The van der Waals surface area contributed by atoms with E-state index >= 15 is 0 Å². The molecular formula is C11H10BrF3O. The van der Waals surface area contributed by atoms with Crippen LogP contribution in [0.5, 0.6) is 5.75 Å². The van der Waals surface area contributed by atoms with E-state index in [4.69, 9.17) is 0 Å². The third-order valence-electron chi connectivity index (χ3n) is 1.68. The summed E-state index contributed by atoms with van der Waals surface area (Å²) in [5.41, 5.74) is 0.683. The predicted octanol–water partition coefficient (Wildman–Crippen LogP) is 4.38. The average molecular weight is 295 g/mol. The minimum absolute atomic E-state index is 0.200. The molecule has 0 N–H and O–H groups in total. The van der Waals surface area contributed by atoms with Crippen LogP contribution in [0, 0.1) is 0 Å². The van der Waals surface area contributed by atoms with E-state index in [-0.39, 0.29) is 5.75 Å². The zero-order valence-corrected chi connectivity index (χ0v) is 9.88. The average Bonchev–Trinajstić information content (AvgIpc) is 2.16. The molecule has 0 bridgehead atoms. The van der Waals surface area contributed by atoms with Gasteiger partial charge in [-0.2, -0.15) is 0 Å². The summed E-state index contributed by atoms with van der Waals surface area (Å²) >= 11 is 3.25. The normalized spacial score (nSPS) is 12.0. The van der Waals surface area contributed by atoms with Gasteiger partial charge < -0.3 is 4.74 Å². The van der Waals surface area contributed by atoms with Crippen LogP contribution >= 0.6 is 15.9 Å². The topological polar surface area (TPSA) is 9.23 Å². The van der Waals surface area contributed by atoms with Gasteiger partial charge in [-0.3, -0.25) is 0 Å². The molecule has 0 radical (unpaired) electrons. The summed E-state index contributed by atoms with van der Waals surface area (Å²) in [5.74, 6) is -0.200. The summed E-state index contributed by atoms with van der Waals surface area (Å²) in [5, 5.41) is 0.822. The second-order valence-corrected chi connectivity index (χ2v) is 3.79. The summed E-state index contributed by atoms with van der Waals surface area (Å²) in [7, 11) is 0. The predicted molar refractivity (Wildman–Crippen MR) is 60.6 cm³/mol. The smallest absolute Gasteiger partial charge is 0.406 e. The molecule has 1 nitrogen and oxygen atoms in total. The molecule has 0 amide bonds. The summed E-state index contributed by atoms with van der Waals surface area (Å²) in [6.07, 6.45) is -0.186. The molecule has 88 valence electrons. The van der Waals surface area contributed by atoms with Crippen molar-refractivity contribution in [2.24, 2.45) is 0 Å². The van der Waals surface area contributed by atoms with Gasteiger partial charge >= 0.3 is 6.36 Å². The lowest BCUT2D eigenvalue weighted by atomic mass is 10.2. The largest absolute Gasteiger partial charge is 0.573 e. The Labute approximate surface area is 100 Å². The van der Waals surface area contributed by atoms with Crippen LogP contribution in [-0.4, -0.2) is 11.7 Å². The highest BCUT2D eigenvalue weighted by Crippen LogP contribution is 2.23. The highest BCUT2D eigenvalue weighted by molar-refractivity contribution is 9.09. The van der Waals surface area contributed by atoms with Gasteiger partial charge in [0.05, 0.1) is 0 Å². The number of hydrogen-bond donors (Lipinski definition) is 0. The number of allylic oxidation sites excluding steroid dienone is 1. The van der Waals surface area contributed by atoms with Crippen LogP contribution in [0.15, 0.2) is 30.3 Å². The summed E-state index contributed by atoms with van der Waals surface area (Å²) in [6.45, 7) is 0. The lowest BCUT2D eigenvalue weighted by molar-refractivity contribution is -0.274. The van der Waals surface area contributed by atoms with Gasteiger partial charge in [-0.15, -0.1) is 13.2 Å². The Kier molecular flexibility index (Phi) is 4.86. The minimum atomic E-state index is -4.64. The Morgan fingerprint density at radius 1 is 1.31 bits per heavy atom. The first-order valence-corrected chi connectivity index (χ1v) is 5.72. The monoisotopic (exact) mass is 294 g/mol. The van der Waals surface area contributed by atoms with E-state index < -0.39 is 6.36 Å². The van der Waals surface area contributed by atoms with Gasteiger partial charge in [-0.25, -0.2) is 0 Å². The second-order valence-electron chi connectivity index (χ2n) is 3.00. The Morgan fingerprint density at radius 3 is 2.69 bits per heavy atom. The maximum absolute atomic E-state index is 11.9. The van der Waals surface area contributed by atoms with E-state index in [1.54, 1.807) is 12.1 Å². The van der Waals surface area contributed by atoms with Crippen molar-refractivity contribution in [1.82, 2.24) is 0 Å². The Bertz CT molecular complexity index is 360. The summed E-state index contributed by atoms with van der Waals surface area (Å²) in [6, 6.07) is 5.86. The molecule has 0 spiro atoms. The van der Waals surface area contributed by atoms with Crippen LogP contribution in [0.3, 0.4) is 0 Å². The van der Waals surface area contributed by atoms with Crippen molar-refractivity contribution in [1.29, 1.82) is 0 Å². The minimum Gasteiger partial charge on any atom is -0.406 e. The highest BCUT2D eigenvalue weighted by atomic mass is 79.9. The first-order chi connectivity index (χ1) is 7.51. The van der Waals surface area contributed by atoms with Crippen LogP contribution in [0.1, 0.15) is 12.0 Å². The van der Waals surface area contributed by atoms with Crippen molar-refractivity contribution in [2.75, 3.05) is 5.33 Å². The number of alkyl halides is 4. The van der Waals surface area contributed by atoms with Gasteiger partial charge in [0.25, 0.3) is 0 Å². The fourth-order valence-electron chi connectivity index (χ4n) is 1.10. The van der Waals surface area contributed by atoms with Gasteiger partial charge in [0.2, 0.25) is 0 Å². The number of benzene rings is 1. The third-order valence-corrected chi connectivity index (χ3v) is 2.14. The van der Waals surface area contributed by atoms with E-state index in [2.05, 4.69) is 20.7 Å². The van der Waals surface area contributed by atoms with Gasteiger partial charge in [0.1, 0.15) is 5.75 Å². The summed E-state index contributed by atoms with van der Waals surface area (Å²) in [4.78, 5) is 0. The Hall–Kier alpha value is -0.970. The summed E-state index contributed by atoms with van der Waals surface area (Å²) < 4.78 is 39.6. The molecule has 0 aliphatic carbocycles. The molecule has 0 atom stereocenters. The zero-order valence-electron chi connectivity index (χ0n) is 8.30. The maximum atomic E-state index is 11.9. The van der Waals surface area contributed by atoms with E-state index in [1.165, 1.54) is 18.2 Å². The van der Waals surface area contributed by atoms with Gasteiger partial charge in [0, 0.05) is 5.33 Å². The first-order valence-electron chi connectivity index (χ1n) is 4.59. The lowest BCUT2D eigenvalue weighted by Crippen LogP contribution is -2.17. The van der Waals surface area contributed by atoms with Crippen LogP contribution in [-0.2, 0) is 0 Å². The van der Waals surface area contributed by atoms with Crippen LogP contribution in [0.4, 0.5) is 13.2 Å². The van der Waals surface area contributed by atoms with E-state index in [0.717, 1.165) is 11.8 Å². The van der Waals surface area contributed by atoms with Gasteiger partial charge in [-0.05, 0) is 24.1 Å². The first kappa shape index (κ1) is 13.1. The molecule has 0 unspecified atom stereocenters. The fraction of sp³-hybridized carbons (Fsp3) is 0.273. The fourth-order valence-corrected chi connectivity index (χ4v) is 1.36. The quantitative estimate of drug-likeness (QED) is 0.749. The Morgan fingerprint density at radius 2 is 2.06 bits per heavy atom. The van der Waals surface area contributed by atoms with Crippen molar-refractivity contribution >= 4 is 22.0 Å². The number of hydrogen-bond acceptors (Lipinski definition) is 1. The highest BCUT2D eigenvalue weighted by Gasteiger charge is 2.30. The van der Waals surface area contributed by atoms with Crippen LogP contribution in [0.2, 0.25) is 0 Å². The molecule has 0 aromatic heterocycles. The van der Waals surface area contributed by atoms with Crippen molar-refractivity contribution in [3.63, 3.8) is 0 Å². The molecule has 1 aromatic carbocycles.